The van der Waals surface area contributed by atoms with Crippen molar-refractivity contribution in [3.63, 3.8) is 0 Å². The molecular weight excluding hydrogens is 373 g/mol. The van der Waals surface area contributed by atoms with Gasteiger partial charge in [0, 0.05) is 61.7 Å². The number of rotatable bonds is 4. The zero-order valence-electron chi connectivity index (χ0n) is 14.7. The van der Waals surface area contributed by atoms with Crippen LogP contribution in [0.5, 0.6) is 5.75 Å². The molecule has 2 unspecified atom stereocenters. The second kappa shape index (κ2) is 6.98. The lowest BCUT2D eigenvalue weighted by atomic mass is 9.81. The number of methoxy groups -OCH3 is 1. The average Bonchev–Trinajstić information content (AvgIpc) is 3.00. The first-order valence-electron chi connectivity index (χ1n) is 8.59. The van der Waals surface area contributed by atoms with E-state index in [2.05, 4.69) is 9.98 Å². The molecule has 0 radical (unpaired) electrons. The third-order valence-electron chi connectivity index (χ3n) is 4.87. The van der Waals surface area contributed by atoms with E-state index in [-0.39, 0.29) is 18.7 Å². The van der Waals surface area contributed by atoms with Crippen molar-refractivity contribution in [2.45, 2.75) is 24.5 Å². The highest BCUT2D eigenvalue weighted by Gasteiger charge is 2.46. The number of halogens is 2. The Labute approximate surface area is 161 Å². The normalized spacial score (nSPS) is 23.5. The van der Waals surface area contributed by atoms with Crippen molar-refractivity contribution in [2.24, 2.45) is 10.7 Å². The Bertz CT molecular complexity index is 908. The molecule has 3 heterocycles. The summed E-state index contributed by atoms with van der Waals surface area (Å²) in [6, 6.07) is 4.91. The monoisotopic (exact) mass is 391 g/mol. The van der Waals surface area contributed by atoms with Gasteiger partial charge in [0.25, 0.3) is 6.02 Å². The number of nitrogens with zero attached hydrogens (tertiary/aromatic N) is 2. The third-order valence-corrected chi connectivity index (χ3v) is 5.08. The zero-order chi connectivity index (χ0) is 19.0. The molecule has 2 N–H and O–H groups in total. The topological polar surface area (TPSA) is 79.0 Å². The lowest BCUT2D eigenvalue weighted by Gasteiger charge is -2.37. The Balaban J connectivity index is 1.82. The number of ether oxygens (including phenoxy) is 3. The summed E-state index contributed by atoms with van der Waals surface area (Å²) >= 11 is 6.02. The molecule has 2 aliphatic rings. The van der Waals surface area contributed by atoms with Crippen molar-refractivity contribution in [1.29, 1.82) is 0 Å². The number of aromatic nitrogens is 1. The fraction of sp³-hybridized carbons (Fsp3) is 0.368. The van der Waals surface area contributed by atoms with Gasteiger partial charge < -0.3 is 19.9 Å². The van der Waals surface area contributed by atoms with Crippen LogP contribution in [0.4, 0.5) is 4.39 Å². The van der Waals surface area contributed by atoms with Gasteiger partial charge in [-0.25, -0.2) is 9.38 Å². The van der Waals surface area contributed by atoms with Crippen LogP contribution >= 0.6 is 11.6 Å². The zero-order valence-corrected chi connectivity index (χ0v) is 15.5. The van der Waals surface area contributed by atoms with Gasteiger partial charge in [0.1, 0.15) is 29.8 Å². The lowest BCUT2D eigenvalue weighted by Crippen LogP contribution is -2.39. The number of benzene rings is 1. The van der Waals surface area contributed by atoms with Crippen LogP contribution in [0.2, 0.25) is 5.02 Å². The molecular formula is C19H19ClFN3O3. The number of aliphatic imine (C=N–C) groups is 1. The second-order valence-corrected chi connectivity index (χ2v) is 7.15. The molecule has 1 aromatic carbocycles. The Morgan fingerprint density at radius 2 is 2.22 bits per heavy atom. The van der Waals surface area contributed by atoms with E-state index in [4.69, 9.17) is 31.5 Å². The number of nitrogens with two attached hydrogens (primary N) is 1. The van der Waals surface area contributed by atoms with Gasteiger partial charge in [-0.15, -0.1) is 0 Å². The molecule has 2 aromatic rings. The minimum Gasteiger partial charge on any atom is -0.490 e. The minimum absolute atomic E-state index is 0.128. The van der Waals surface area contributed by atoms with Gasteiger partial charge in [-0.05, 0) is 12.1 Å². The predicted octanol–water partition coefficient (Wildman–Crippen LogP) is 3.27. The van der Waals surface area contributed by atoms with Gasteiger partial charge in [0.2, 0.25) is 0 Å². The Morgan fingerprint density at radius 1 is 1.37 bits per heavy atom. The SMILES string of the molecule is COCCC1CC2(COC(N)=N2)c2cc(-c3cncc(Cl)c3)c(F)cc2O1. The van der Waals surface area contributed by atoms with Crippen molar-refractivity contribution in [3.05, 3.63) is 47.0 Å². The van der Waals surface area contributed by atoms with Crippen molar-refractivity contribution in [3.8, 4) is 16.9 Å². The highest BCUT2D eigenvalue weighted by Crippen LogP contribution is 2.47. The van der Waals surface area contributed by atoms with Crippen LogP contribution in [0, 0.1) is 5.82 Å². The molecule has 0 aliphatic carbocycles. The summed E-state index contributed by atoms with van der Waals surface area (Å²) in [5, 5.41) is 0.432. The third kappa shape index (κ3) is 3.33. The molecule has 2 atom stereocenters. The van der Waals surface area contributed by atoms with Crippen LogP contribution in [0.1, 0.15) is 18.4 Å². The number of amidine groups is 1. The van der Waals surface area contributed by atoms with Crippen LogP contribution in [0.15, 0.2) is 35.6 Å². The van der Waals surface area contributed by atoms with E-state index in [0.717, 1.165) is 5.56 Å². The fourth-order valence-electron chi connectivity index (χ4n) is 3.63. The first kappa shape index (κ1) is 18.0. The minimum atomic E-state index is -0.704. The smallest absolute Gasteiger partial charge is 0.283 e. The van der Waals surface area contributed by atoms with Crippen LogP contribution < -0.4 is 10.5 Å². The Hall–Kier alpha value is -2.38. The Morgan fingerprint density at radius 3 is 2.93 bits per heavy atom. The maximum absolute atomic E-state index is 14.9. The summed E-state index contributed by atoms with van der Waals surface area (Å²) in [6.07, 6.45) is 4.13. The summed E-state index contributed by atoms with van der Waals surface area (Å²) in [4.78, 5) is 8.59. The molecule has 1 spiro atoms. The largest absolute Gasteiger partial charge is 0.490 e. The van der Waals surface area contributed by atoms with Crippen molar-refractivity contribution in [2.75, 3.05) is 20.3 Å². The second-order valence-electron chi connectivity index (χ2n) is 6.72. The first-order valence-corrected chi connectivity index (χ1v) is 8.97. The van der Waals surface area contributed by atoms with E-state index in [1.54, 1.807) is 25.4 Å². The van der Waals surface area contributed by atoms with Crippen LogP contribution in [0.3, 0.4) is 0 Å². The van der Waals surface area contributed by atoms with E-state index in [1.807, 2.05) is 0 Å². The average molecular weight is 392 g/mol. The lowest BCUT2D eigenvalue weighted by molar-refractivity contribution is 0.0739. The molecule has 27 heavy (non-hydrogen) atoms. The summed E-state index contributed by atoms with van der Waals surface area (Å²) in [6.45, 7) is 0.822. The highest BCUT2D eigenvalue weighted by molar-refractivity contribution is 6.30. The number of fused-ring (bicyclic) bond motifs is 2. The number of pyridine rings is 1. The molecule has 0 saturated heterocycles. The maximum atomic E-state index is 14.9. The van der Waals surface area contributed by atoms with Crippen LogP contribution in [-0.4, -0.2) is 37.4 Å². The van der Waals surface area contributed by atoms with Crippen LogP contribution in [-0.2, 0) is 15.0 Å². The molecule has 142 valence electrons. The fourth-order valence-corrected chi connectivity index (χ4v) is 3.80. The molecule has 8 heteroatoms. The molecule has 0 bridgehead atoms. The van der Waals surface area contributed by atoms with E-state index in [9.17, 15) is 4.39 Å². The van der Waals surface area contributed by atoms with Crippen molar-refractivity contribution in [1.82, 2.24) is 4.98 Å². The quantitative estimate of drug-likeness (QED) is 0.865. The summed E-state index contributed by atoms with van der Waals surface area (Å²) in [7, 11) is 1.63. The van der Waals surface area contributed by atoms with E-state index in [0.29, 0.717) is 41.3 Å². The van der Waals surface area contributed by atoms with Gasteiger partial charge in [-0.3, -0.25) is 4.98 Å². The molecule has 0 saturated carbocycles. The van der Waals surface area contributed by atoms with Gasteiger partial charge in [0.05, 0.1) is 5.02 Å². The molecule has 0 amide bonds. The molecule has 0 fully saturated rings. The number of hydrogen-bond donors (Lipinski definition) is 1. The Kier molecular flexibility index (Phi) is 4.65. The summed E-state index contributed by atoms with van der Waals surface area (Å²) < 4.78 is 31.5. The van der Waals surface area contributed by atoms with E-state index < -0.39 is 11.4 Å². The molecule has 4 rings (SSSR count). The van der Waals surface area contributed by atoms with Crippen molar-refractivity contribution < 1.29 is 18.6 Å². The van der Waals surface area contributed by atoms with Gasteiger partial charge >= 0.3 is 0 Å². The molecule has 1 aromatic heterocycles. The van der Waals surface area contributed by atoms with E-state index >= 15 is 0 Å². The van der Waals surface area contributed by atoms with Gasteiger partial charge in [-0.1, -0.05) is 11.6 Å². The van der Waals surface area contributed by atoms with Crippen LogP contribution in [0.25, 0.3) is 11.1 Å². The first-order chi connectivity index (χ1) is 13.0. The molecule has 6 nitrogen and oxygen atoms in total. The van der Waals surface area contributed by atoms with Gasteiger partial charge in [0.15, 0.2) is 0 Å². The molecule has 2 aliphatic heterocycles. The highest BCUT2D eigenvalue weighted by atomic mass is 35.5. The van der Waals surface area contributed by atoms with E-state index in [1.165, 1.54) is 12.3 Å². The summed E-state index contributed by atoms with van der Waals surface area (Å²) in [5.41, 5.74) is 6.80. The van der Waals surface area contributed by atoms with Crippen molar-refractivity contribution >= 4 is 17.6 Å². The number of hydrogen-bond acceptors (Lipinski definition) is 6. The maximum Gasteiger partial charge on any atom is 0.283 e. The predicted molar refractivity (Wildman–Crippen MR) is 99.4 cm³/mol. The standard InChI is InChI=1S/C19H19ClFN3O3/c1-25-3-2-13-7-19(10-26-18(22)24-19)15-5-14(16(21)6-17(15)27-13)11-4-12(20)9-23-8-11/h4-6,8-9,13H,2-3,7,10H2,1H3,(H2,22,24). The summed E-state index contributed by atoms with van der Waals surface area (Å²) in [5.74, 6) is 0.0249. The van der Waals surface area contributed by atoms with Gasteiger partial charge in [-0.2, -0.15) is 0 Å².